The van der Waals surface area contributed by atoms with E-state index >= 15 is 0 Å². The van der Waals surface area contributed by atoms with Gasteiger partial charge in [0.05, 0.1) is 21.6 Å². The van der Waals surface area contributed by atoms with Crippen molar-refractivity contribution >= 4 is 40.1 Å². The summed E-state index contributed by atoms with van der Waals surface area (Å²) >= 11 is 6.15. The fraction of sp³-hybridized carbons (Fsp3) is 0.0952. The third-order valence-corrected chi connectivity index (χ3v) is 4.65. The lowest BCUT2D eigenvalue weighted by Gasteiger charge is -2.12. The highest BCUT2D eigenvalue weighted by atomic mass is 35.5. The first-order valence-corrected chi connectivity index (χ1v) is 9.59. The molecule has 156 valence electrons. The second-order valence-corrected chi connectivity index (χ2v) is 6.74. The summed E-state index contributed by atoms with van der Waals surface area (Å²) in [4.78, 5) is 24.4. The molecular weight excluding hydrogens is 416 g/mol. The number of fused-ring (bicyclic) bond motifs is 1. The molecule has 4 rings (SSSR count). The van der Waals surface area contributed by atoms with E-state index in [1.807, 2.05) is 37.3 Å². The van der Waals surface area contributed by atoms with Gasteiger partial charge in [-0.05, 0) is 24.3 Å². The van der Waals surface area contributed by atoms with E-state index in [0.717, 1.165) is 5.69 Å². The average molecular weight is 435 g/mol. The lowest BCUT2D eigenvalue weighted by molar-refractivity contribution is 0.833. The molecule has 4 aromatic rings. The molecule has 0 spiro atoms. The lowest BCUT2D eigenvalue weighted by atomic mass is 10.2. The summed E-state index contributed by atoms with van der Waals surface area (Å²) in [5.74, 6) is 0.704. The number of halogens is 1. The van der Waals surface area contributed by atoms with Gasteiger partial charge in [-0.3, -0.25) is 9.36 Å². The number of anilines is 3. The number of aromatic nitrogens is 4. The Kier molecular flexibility index (Phi) is 6.33. The Hall–Kier alpha value is -4.16. The predicted molar refractivity (Wildman–Crippen MR) is 122 cm³/mol. The summed E-state index contributed by atoms with van der Waals surface area (Å²) in [5, 5.41) is 9.51. The molecule has 10 heteroatoms. The van der Waals surface area contributed by atoms with Gasteiger partial charge in [-0.1, -0.05) is 42.8 Å². The van der Waals surface area contributed by atoms with Gasteiger partial charge in [-0.25, -0.2) is 4.98 Å². The van der Waals surface area contributed by atoms with Gasteiger partial charge in [0.2, 0.25) is 5.95 Å². The summed E-state index contributed by atoms with van der Waals surface area (Å²) < 4.78 is 1.65. The summed E-state index contributed by atoms with van der Waals surface area (Å²) in [7, 11) is 0. The maximum Gasteiger partial charge on any atom is 0.266 e. The zero-order valence-electron chi connectivity index (χ0n) is 16.6. The summed E-state index contributed by atoms with van der Waals surface area (Å²) in [6, 6.07) is 16.6. The van der Waals surface area contributed by atoms with Crippen LogP contribution in [0, 0.1) is 11.3 Å². The number of aryl methyl sites for hydroxylation is 1. The predicted octanol–water partition coefficient (Wildman–Crippen LogP) is 2.70. The molecular formula is C21H19ClN8O. The Bertz CT molecular complexity index is 1320. The van der Waals surface area contributed by atoms with Crippen LogP contribution >= 0.6 is 11.6 Å². The Balaban J connectivity index is 0.000000210. The van der Waals surface area contributed by atoms with E-state index in [-0.39, 0.29) is 28.7 Å². The van der Waals surface area contributed by atoms with E-state index in [4.69, 9.17) is 34.1 Å². The second-order valence-electron chi connectivity index (χ2n) is 6.33. The Morgan fingerprint density at radius 1 is 1.00 bits per heavy atom. The minimum absolute atomic E-state index is 0.0116. The Morgan fingerprint density at radius 3 is 2.23 bits per heavy atom. The van der Waals surface area contributed by atoms with Crippen molar-refractivity contribution in [2.45, 2.75) is 13.3 Å². The van der Waals surface area contributed by atoms with Crippen LogP contribution in [0.3, 0.4) is 0 Å². The maximum atomic E-state index is 12.7. The molecule has 0 atom stereocenters. The average Bonchev–Trinajstić information content (AvgIpc) is 2.75. The molecule has 2 heterocycles. The quantitative estimate of drug-likeness (QED) is 0.433. The number of rotatable bonds is 2. The van der Waals surface area contributed by atoms with Gasteiger partial charge in [0, 0.05) is 6.42 Å². The molecule has 0 saturated carbocycles. The smallest absolute Gasteiger partial charge is 0.266 e. The Morgan fingerprint density at radius 2 is 1.65 bits per heavy atom. The topological polar surface area (TPSA) is 163 Å². The SMILES string of the molecule is CCc1nc2c(Cl)cccc2c(=O)n1-c1ccccc1.N#Cc1c(N)nc(N)nc1N. The van der Waals surface area contributed by atoms with Crippen LogP contribution in [0.1, 0.15) is 18.3 Å². The third-order valence-electron chi connectivity index (χ3n) is 4.34. The van der Waals surface area contributed by atoms with Crippen molar-refractivity contribution in [2.24, 2.45) is 0 Å². The molecule has 2 aromatic carbocycles. The number of nitriles is 1. The van der Waals surface area contributed by atoms with Crippen LogP contribution in [-0.2, 0) is 6.42 Å². The first-order valence-electron chi connectivity index (χ1n) is 9.21. The van der Waals surface area contributed by atoms with E-state index in [2.05, 4.69) is 15.0 Å². The van der Waals surface area contributed by atoms with Gasteiger partial charge in [-0.15, -0.1) is 0 Å². The number of nitrogen functional groups attached to an aromatic ring is 3. The normalized spacial score (nSPS) is 10.2. The largest absolute Gasteiger partial charge is 0.382 e. The molecule has 0 unspecified atom stereocenters. The first-order chi connectivity index (χ1) is 14.9. The summed E-state index contributed by atoms with van der Waals surface area (Å²) in [6.07, 6.45) is 0.658. The lowest BCUT2D eigenvalue weighted by Crippen LogP contribution is -2.23. The van der Waals surface area contributed by atoms with Crippen molar-refractivity contribution in [3.8, 4) is 11.8 Å². The van der Waals surface area contributed by atoms with Crippen molar-refractivity contribution in [3.63, 3.8) is 0 Å². The summed E-state index contributed by atoms with van der Waals surface area (Å²) in [5.41, 5.74) is 17.2. The molecule has 9 nitrogen and oxygen atoms in total. The van der Waals surface area contributed by atoms with Crippen molar-refractivity contribution in [3.05, 3.63) is 75.3 Å². The minimum atomic E-state index is -0.0828. The van der Waals surface area contributed by atoms with Crippen molar-refractivity contribution in [1.29, 1.82) is 5.26 Å². The zero-order chi connectivity index (χ0) is 22.5. The van der Waals surface area contributed by atoms with Gasteiger partial charge < -0.3 is 17.2 Å². The highest BCUT2D eigenvalue weighted by molar-refractivity contribution is 6.34. The van der Waals surface area contributed by atoms with Crippen LogP contribution in [0.4, 0.5) is 17.6 Å². The van der Waals surface area contributed by atoms with Crippen LogP contribution in [0.5, 0.6) is 0 Å². The maximum absolute atomic E-state index is 12.7. The highest BCUT2D eigenvalue weighted by Crippen LogP contribution is 2.20. The van der Waals surface area contributed by atoms with E-state index in [9.17, 15) is 4.79 Å². The van der Waals surface area contributed by atoms with E-state index in [0.29, 0.717) is 28.2 Å². The third kappa shape index (κ3) is 4.39. The molecule has 0 aliphatic heterocycles. The van der Waals surface area contributed by atoms with Crippen LogP contribution in [0.2, 0.25) is 5.02 Å². The van der Waals surface area contributed by atoms with Gasteiger partial charge in [0.1, 0.15) is 29.1 Å². The molecule has 0 fully saturated rings. The molecule has 0 bridgehead atoms. The molecule has 0 radical (unpaired) electrons. The number of nitrogens with two attached hydrogens (primary N) is 3. The van der Waals surface area contributed by atoms with Crippen LogP contribution in [0.25, 0.3) is 16.6 Å². The minimum Gasteiger partial charge on any atom is -0.382 e. The van der Waals surface area contributed by atoms with Crippen LogP contribution in [-0.4, -0.2) is 19.5 Å². The van der Waals surface area contributed by atoms with E-state index < -0.39 is 0 Å². The zero-order valence-corrected chi connectivity index (χ0v) is 17.3. The number of benzene rings is 2. The number of nitrogens with zero attached hydrogens (tertiary/aromatic N) is 5. The number of para-hydroxylation sites is 2. The van der Waals surface area contributed by atoms with Crippen molar-refractivity contribution in [2.75, 3.05) is 17.2 Å². The van der Waals surface area contributed by atoms with Gasteiger partial charge in [0.25, 0.3) is 5.56 Å². The molecule has 2 aromatic heterocycles. The number of hydrogen-bond acceptors (Lipinski definition) is 8. The summed E-state index contributed by atoms with van der Waals surface area (Å²) in [6.45, 7) is 1.98. The van der Waals surface area contributed by atoms with Gasteiger partial charge in [0.15, 0.2) is 0 Å². The molecule has 0 amide bonds. The second kappa shape index (κ2) is 9.11. The van der Waals surface area contributed by atoms with Crippen LogP contribution in [0.15, 0.2) is 53.3 Å². The molecule has 31 heavy (non-hydrogen) atoms. The fourth-order valence-corrected chi connectivity index (χ4v) is 3.14. The molecule has 0 aliphatic carbocycles. The van der Waals surface area contributed by atoms with Crippen molar-refractivity contribution in [1.82, 2.24) is 19.5 Å². The van der Waals surface area contributed by atoms with E-state index in [1.54, 1.807) is 28.8 Å². The van der Waals surface area contributed by atoms with Crippen molar-refractivity contribution < 1.29 is 0 Å². The van der Waals surface area contributed by atoms with E-state index in [1.165, 1.54) is 0 Å². The molecule has 0 saturated heterocycles. The van der Waals surface area contributed by atoms with Gasteiger partial charge >= 0.3 is 0 Å². The molecule has 0 aliphatic rings. The number of hydrogen-bond donors (Lipinski definition) is 3. The monoisotopic (exact) mass is 434 g/mol. The standard InChI is InChI=1S/C16H13ClN2O.C5H6N6/c1-2-14-18-15-12(9-6-10-13(15)17)16(20)19(14)11-7-4-3-5-8-11;6-1-2-3(7)10-5(9)11-4(2)8/h3-10H,2H2,1H3;(H6,7,8,9,10,11). The van der Waals surface area contributed by atoms with Crippen LogP contribution < -0.4 is 22.8 Å². The first kappa shape index (κ1) is 21.5. The Labute approximate surface area is 182 Å². The highest BCUT2D eigenvalue weighted by Gasteiger charge is 2.13. The molecule has 6 N–H and O–H groups in total. The van der Waals surface area contributed by atoms with Gasteiger partial charge in [-0.2, -0.15) is 15.2 Å². The fourth-order valence-electron chi connectivity index (χ4n) is 2.93.